The summed E-state index contributed by atoms with van der Waals surface area (Å²) in [5, 5.41) is 19.1. The minimum Gasteiger partial charge on any atom is -0.393 e. The first kappa shape index (κ1) is 10.2. The third-order valence-electron chi connectivity index (χ3n) is 1.50. The zero-order valence-electron chi connectivity index (χ0n) is 6.90. The first-order valence-corrected chi connectivity index (χ1v) is 4.03. The molecule has 1 aromatic heterocycles. The number of nitrogens with two attached hydrogens (primary N) is 1. The Hall–Kier alpha value is -1.87. The van der Waals surface area contributed by atoms with E-state index < -0.39 is 10.6 Å². The summed E-state index contributed by atoms with van der Waals surface area (Å²) in [4.78, 5) is 13.4. The first-order valence-electron chi connectivity index (χ1n) is 3.50. The summed E-state index contributed by atoms with van der Waals surface area (Å²) < 4.78 is 0. The summed E-state index contributed by atoms with van der Waals surface area (Å²) in [5.41, 5.74) is 4.84. The van der Waals surface area contributed by atoms with Crippen LogP contribution >= 0.6 is 11.6 Å². The molecule has 72 valence electrons. The lowest BCUT2D eigenvalue weighted by atomic mass is 10.2. The summed E-state index contributed by atoms with van der Waals surface area (Å²) in [6.07, 6.45) is 0. The smallest absolute Gasteiger partial charge is 0.328 e. The Morgan fingerprint density at radius 3 is 2.86 bits per heavy atom. The van der Waals surface area contributed by atoms with Crippen molar-refractivity contribution in [1.82, 2.24) is 4.98 Å². The van der Waals surface area contributed by atoms with E-state index in [4.69, 9.17) is 22.6 Å². The summed E-state index contributed by atoms with van der Waals surface area (Å²) >= 11 is 5.46. The average molecular weight is 213 g/mol. The van der Waals surface area contributed by atoms with Crippen molar-refractivity contribution in [3.05, 3.63) is 27.6 Å². The molecule has 0 atom stereocenters. The number of aromatic nitrogens is 1. The quantitative estimate of drug-likeness (QED) is 0.450. The molecule has 2 N–H and O–H groups in total. The van der Waals surface area contributed by atoms with Gasteiger partial charge in [0.2, 0.25) is 5.69 Å². The van der Waals surface area contributed by atoms with E-state index in [0.29, 0.717) is 5.69 Å². The van der Waals surface area contributed by atoms with Gasteiger partial charge in [0.15, 0.2) is 0 Å². The predicted molar refractivity (Wildman–Crippen MR) is 49.6 cm³/mol. The maximum Gasteiger partial charge on any atom is 0.328 e. The van der Waals surface area contributed by atoms with Gasteiger partial charge in [-0.3, -0.25) is 10.1 Å². The van der Waals surface area contributed by atoms with E-state index >= 15 is 0 Å². The van der Waals surface area contributed by atoms with E-state index in [1.807, 2.05) is 0 Å². The van der Waals surface area contributed by atoms with Crippen LogP contribution in [0.2, 0.25) is 0 Å². The predicted octanol–water partition coefficient (Wildman–Crippen LogP) is 1.18. The summed E-state index contributed by atoms with van der Waals surface area (Å²) in [6.45, 7) is 0. The van der Waals surface area contributed by atoms with E-state index in [0.717, 1.165) is 0 Å². The van der Waals surface area contributed by atoms with Crippen LogP contribution in [0.1, 0.15) is 11.4 Å². The van der Waals surface area contributed by atoms with Crippen LogP contribution in [0.3, 0.4) is 0 Å². The minimum absolute atomic E-state index is 0.0525. The fraction of sp³-hybridized carbons (Fsp3) is 0.143. The number of hydrogen-bond acceptors (Lipinski definition) is 5. The zero-order chi connectivity index (χ0) is 10.7. The summed E-state index contributed by atoms with van der Waals surface area (Å²) in [5.74, 6) is 0.0525. The molecule has 0 radical (unpaired) electrons. The molecule has 0 saturated carbocycles. The van der Waals surface area contributed by atoms with Gasteiger partial charge in [-0.25, -0.2) is 4.98 Å². The SMILES string of the molecule is N#Cc1nc(CCl)cc(N)c1[N+](=O)[O-]. The van der Waals surface area contributed by atoms with Crippen LogP contribution in [0.25, 0.3) is 0 Å². The van der Waals surface area contributed by atoms with Crippen LogP contribution in [0.5, 0.6) is 0 Å². The van der Waals surface area contributed by atoms with Crippen LogP contribution in [-0.2, 0) is 5.88 Å². The van der Waals surface area contributed by atoms with E-state index in [1.54, 1.807) is 6.07 Å². The van der Waals surface area contributed by atoms with Crippen LogP contribution in [0, 0.1) is 21.4 Å². The first-order chi connectivity index (χ1) is 6.60. The normalized spacial score (nSPS) is 9.43. The Labute approximate surface area is 84.1 Å². The Bertz CT molecular complexity index is 426. The summed E-state index contributed by atoms with van der Waals surface area (Å²) in [6, 6.07) is 2.88. The van der Waals surface area contributed by atoms with Crippen molar-refractivity contribution < 1.29 is 4.92 Å². The monoisotopic (exact) mass is 212 g/mol. The molecule has 0 saturated heterocycles. The van der Waals surface area contributed by atoms with Gasteiger partial charge in [0.1, 0.15) is 11.8 Å². The average Bonchev–Trinajstić information content (AvgIpc) is 2.15. The lowest BCUT2D eigenvalue weighted by molar-refractivity contribution is -0.384. The molecule has 0 fully saturated rings. The molecule has 7 heteroatoms. The number of nitrogen functional groups attached to an aromatic ring is 1. The van der Waals surface area contributed by atoms with Gasteiger partial charge in [-0.2, -0.15) is 5.26 Å². The maximum absolute atomic E-state index is 10.5. The van der Waals surface area contributed by atoms with Crippen LogP contribution in [0.15, 0.2) is 6.07 Å². The van der Waals surface area contributed by atoms with Crippen molar-refractivity contribution in [2.45, 2.75) is 5.88 Å². The Morgan fingerprint density at radius 2 is 2.43 bits per heavy atom. The number of halogens is 1. The van der Waals surface area contributed by atoms with E-state index in [-0.39, 0.29) is 17.3 Å². The molecule has 1 aromatic rings. The fourth-order valence-corrected chi connectivity index (χ4v) is 1.09. The third-order valence-corrected chi connectivity index (χ3v) is 1.77. The van der Waals surface area contributed by atoms with Gasteiger partial charge in [0.05, 0.1) is 16.5 Å². The van der Waals surface area contributed by atoms with Gasteiger partial charge in [0, 0.05) is 0 Å². The molecule has 1 rings (SSSR count). The molecule has 0 unspecified atom stereocenters. The van der Waals surface area contributed by atoms with Crippen LogP contribution in [-0.4, -0.2) is 9.91 Å². The molecular formula is C7H5ClN4O2. The Balaban J connectivity index is 3.44. The minimum atomic E-state index is -0.737. The van der Waals surface area contributed by atoms with Gasteiger partial charge < -0.3 is 5.73 Å². The molecule has 6 nitrogen and oxygen atoms in total. The van der Waals surface area contributed by atoms with Gasteiger partial charge >= 0.3 is 5.69 Å². The Kier molecular flexibility index (Phi) is 2.84. The number of nitrogens with zero attached hydrogens (tertiary/aromatic N) is 3. The fourth-order valence-electron chi connectivity index (χ4n) is 0.952. The lowest BCUT2D eigenvalue weighted by Gasteiger charge is -2.00. The van der Waals surface area contributed by atoms with Gasteiger partial charge in [0.25, 0.3) is 0 Å². The standard InChI is InChI=1S/C7H5ClN4O2/c8-2-4-1-5(10)7(12(13)14)6(3-9)11-4/h1H,2H2,(H2,10,11). The van der Waals surface area contributed by atoms with Crippen LogP contribution < -0.4 is 5.73 Å². The number of hydrogen-bond donors (Lipinski definition) is 1. The largest absolute Gasteiger partial charge is 0.393 e. The molecule has 0 aliphatic carbocycles. The number of nitriles is 1. The number of rotatable bonds is 2. The van der Waals surface area contributed by atoms with Gasteiger partial charge in [-0.1, -0.05) is 0 Å². The molecule has 0 amide bonds. The van der Waals surface area contributed by atoms with Gasteiger partial charge in [-0.05, 0) is 6.07 Å². The highest BCUT2D eigenvalue weighted by atomic mass is 35.5. The number of alkyl halides is 1. The highest BCUT2D eigenvalue weighted by Crippen LogP contribution is 2.25. The number of pyridine rings is 1. The molecule has 0 spiro atoms. The maximum atomic E-state index is 10.5. The van der Waals surface area contributed by atoms with Crippen molar-refractivity contribution >= 4 is 23.0 Å². The highest BCUT2D eigenvalue weighted by Gasteiger charge is 2.20. The second-order valence-electron chi connectivity index (χ2n) is 2.40. The molecular weight excluding hydrogens is 208 g/mol. The van der Waals surface area contributed by atoms with E-state index in [1.165, 1.54) is 6.07 Å². The molecule has 1 heterocycles. The highest BCUT2D eigenvalue weighted by molar-refractivity contribution is 6.16. The molecule has 14 heavy (non-hydrogen) atoms. The lowest BCUT2D eigenvalue weighted by Crippen LogP contribution is -2.03. The zero-order valence-corrected chi connectivity index (χ0v) is 7.65. The molecule has 0 aliphatic heterocycles. The Morgan fingerprint density at radius 1 is 1.79 bits per heavy atom. The molecule has 0 aromatic carbocycles. The molecule has 0 bridgehead atoms. The van der Waals surface area contributed by atoms with E-state index in [2.05, 4.69) is 4.98 Å². The van der Waals surface area contributed by atoms with Crippen molar-refractivity contribution in [2.24, 2.45) is 0 Å². The van der Waals surface area contributed by atoms with Crippen molar-refractivity contribution in [1.29, 1.82) is 5.26 Å². The molecule has 0 aliphatic rings. The second kappa shape index (κ2) is 3.89. The second-order valence-corrected chi connectivity index (χ2v) is 2.67. The topological polar surface area (TPSA) is 106 Å². The van der Waals surface area contributed by atoms with Crippen molar-refractivity contribution in [3.63, 3.8) is 0 Å². The van der Waals surface area contributed by atoms with Crippen LogP contribution in [0.4, 0.5) is 11.4 Å². The van der Waals surface area contributed by atoms with Gasteiger partial charge in [-0.15, -0.1) is 11.6 Å². The number of nitro groups is 1. The van der Waals surface area contributed by atoms with Crippen molar-refractivity contribution in [3.8, 4) is 6.07 Å². The third kappa shape index (κ3) is 1.72. The summed E-state index contributed by atoms with van der Waals surface area (Å²) in [7, 11) is 0. The number of anilines is 1. The van der Waals surface area contributed by atoms with Crippen molar-refractivity contribution in [2.75, 3.05) is 5.73 Å². The van der Waals surface area contributed by atoms with E-state index in [9.17, 15) is 10.1 Å².